The minimum Gasteiger partial charge on any atom is -0.378 e. The Hall–Kier alpha value is -1.90. The Morgan fingerprint density at radius 3 is 2.78 bits per heavy atom. The minimum absolute atomic E-state index is 0.238. The highest BCUT2D eigenvalue weighted by Gasteiger charge is 2.19. The number of nitrogens with zero attached hydrogens (tertiary/aromatic N) is 2. The topological polar surface area (TPSA) is 33.2 Å². The Morgan fingerprint density at radius 2 is 2.00 bits per heavy atom. The van der Waals surface area contributed by atoms with Gasteiger partial charge >= 0.3 is 0 Å². The number of carbonyl (C=O) groups excluding carboxylic acids is 1. The third kappa shape index (κ3) is 1.76. The van der Waals surface area contributed by atoms with Crippen molar-refractivity contribution in [3.05, 3.63) is 35.5 Å². The van der Waals surface area contributed by atoms with Crippen LogP contribution in [0.15, 0.2) is 24.3 Å². The molecule has 0 N–H and O–H groups in total. The van der Waals surface area contributed by atoms with E-state index in [-0.39, 0.29) is 5.78 Å². The third-order valence-corrected chi connectivity index (χ3v) is 3.51. The van der Waals surface area contributed by atoms with Gasteiger partial charge < -0.3 is 4.90 Å². The summed E-state index contributed by atoms with van der Waals surface area (Å²) in [5.41, 5.74) is 3.91. The van der Waals surface area contributed by atoms with E-state index in [0.29, 0.717) is 6.42 Å². The number of rotatable bonds is 1. The molecular weight excluding hydrogens is 224 g/mol. The number of fused-ring (bicyclic) bond motifs is 2. The molecule has 0 bridgehead atoms. The van der Waals surface area contributed by atoms with E-state index < -0.39 is 0 Å². The monoisotopic (exact) mass is 240 g/mol. The van der Waals surface area contributed by atoms with Gasteiger partial charge in [-0.1, -0.05) is 6.07 Å². The maximum Gasteiger partial charge on any atom is 0.164 e. The lowest BCUT2D eigenvalue weighted by molar-refractivity contribution is 0.0972. The molecule has 1 heterocycles. The number of Topliss-reactive ketones (excluding diaryl/α,β-unsaturated/α-hetero) is 1. The van der Waals surface area contributed by atoms with Gasteiger partial charge in [-0.25, -0.2) is 0 Å². The summed E-state index contributed by atoms with van der Waals surface area (Å²) in [6, 6.07) is 8.18. The number of hydrogen-bond donors (Lipinski definition) is 0. The van der Waals surface area contributed by atoms with Crippen LogP contribution in [0.4, 0.5) is 5.69 Å². The van der Waals surface area contributed by atoms with E-state index in [1.54, 1.807) is 0 Å². The normalized spacial score (nSPS) is 14.7. The zero-order valence-corrected chi connectivity index (χ0v) is 10.7. The lowest BCUT2D eigenvalue weighted by atomic mass is 9.93. The summed E-state index contributed by atoms with van der Waals surface area (Å²) in [4.78, 5) is 18.6. The van der Waals surface area contributed by atoms with Crippen molar-refractivity contribution in [2.45, 2.75) is 19.3 Å². The summed E-state index contributed by atoms with van der Waals surface area (Å²) in [6.07, 6.45) is 2.51. The number of hydrogen-bond acceptors (Lipinski definition) is 3. The van der Waals surface area contributed by atoms with Crippen molar-refractivity contribution in [2.75, 3.05) is 19.0 Å². The molecule has 0 saturated heterocycles. The molecule has 3 rings (SSSR count). The molecule has 2 aromatic rings. The molecule has 3 heteroatoms. The fraction of sp³-hybridized carbons (Fsp3) is 0.333. The van der Waals surface area contributed by atoms with Gasteiger partial charge in [0.2, 0.25) is 0 Å². The molecule has 0 fully saturated rings. The van der Waals surface area contributed by atoms with Gasteiger partial charge in [0.05, 0.1) is 11.2 Å². The number of benzene rings is 1. The van der Waals surface area contributed by atoms with Crippen LogP contribution in [0.1, 0.15) is 28.9 Å². The van der Waals surface area contributed by atoms with Crippen molar-refractivity contribution in [2.24, 2.45) is 0 Å². The van der Waals surface area contributed by atoms with Gasteiger partial charge in [-0.2, -0.15) is 0 Å². The van der Waals surface area contributed by atoms with Crippen molar-refractivity contribution in [3.8, 4) is 0 Å². The molecule has 0 radical (unpaired) electrons. The van der Waals surface area contributed by atoms with Crippen LogP contribution in [0.3, 0.4) is 0 Å². The van der Waals surface area contributed by atoms with Crippen LogP contribution in [0.5, 0.6) is 0 Å². The first-order valence-electron chi connectivity index (χ1n) is 6.29. The Kier molecular flexibility index (Phi) is 2.54. The molecule has 0 spiro atoms. The maximum absolute atomic E-state index is 11.9. The standard InChI is InChI=1S/C15H16N2O/c1-17(2)11-7-6-10-8-12-13(16-14(10)9-11)4-3-5-15(12)18/h6-9H,3-5H2,1-2H3. The van der Waals surface area contributed by atoms with Crippen LogP contribution in [0, 0.1) is 0 Å². The highest BCUT2D eigenvalue weighted by atomic mass is 16.1. The second-order valence-electron chi connectivity index (χ2n) is 5.03. The van der Waals surface area contributed by atoms with Crippen LogP contribution < -0.4 is 4.90 Å². The number of ketones is 1. The smallest absolute Gasteiger partial charge is 0.164 e. The molecule has 0 aliphatic heterocycles. The van der Waals surface area contributed by atoms with E-state index >= 15 is 0 Å². The lowest BCUT2D eigenvalue weighted by Gasteiger charge is -2.16. The van der Waals surface area contributed by atoms with Gasteiger partial charge in [-0.3, -0.25) is 9.78 Å². The summed E-state index contributed by atoms with van der Waals surface area (Å²) in [5.74, 6) is 0.238. The fourth-order valence-corrected chi connectivity index (χ4v) is 2.46. The molecule has 3 nitrogen and oxygen atoms in total. The zero-order chi connectivity index (χ0) is 12.7. The number of aromatic nitrogens is 1. The van der Waals surface area contributed by atoms with E-state index in [9.17, 15) is 4.79 Å². The average Bonchev–Trinajstić information content (AvgIpc) is 2.36. The van der Waals surface area contributed by atoms with Gasteiger partial charge in [0.25, 0.3) is 0 Å². The molecule has 0 saturated carbocycles. The molecule has 1 aromatic carbocycles. The molecule has 92 valence electrons. The molecule has 1 aliphatic rings. The molecule has 0 amide bonds. The third-order valence-electron chi connectivity index (χ3n) is 3.51. The van der Waals surface area contributed by atoms with Crippen molar-refractivity contribution in [1.29, 1.82) is 0 Å². The number of anilines is 1. The lowest BCUT2D eigenvalue weighted by Crippen LogP contribution is -2.13. The quantitative estimate of drug-likeness (QED) is 0.768. The predicted octanol–water partition coefficient (Wildman–Crippen LogP) is 2.82. The highest BCUT2D eigenvalue weighted by molar-refractivity contribution is 6.01. The predicted molar refractivity (Wildman–Crippen MR) is 73.3 cm³/mol. The van der Waals surface area contributed by atoms with E-state index in [1.165, 1.54) is 0 Å². The Balaban J connectivity index is 2.20. The first-order chi connectivity index (χ1) is 8.65. The van der Waals surface area contributed by atoms with E-state index in [2.05, 4.69) is 22.0 Å². The molecule has 1 aliphatic carbocycles. The molecular formula is C15H16N2O. The summed E-state index contributed by atoms with van der Waals surface area (Å²) in [6.45, 7) is 0. The van der Waals surface area contributed by atoms with Crippen LogP contribution in [0.25, 0.3) is 10.9 Å². The van der Waals surface area contributed by atoms with Crippen molar-refractivity contribution in [3.63, 3.8) is 0 Å². The van der Waals surface area contributed by atoms with Gasteiger partial charge in [-0.05, 0) is 31.0 Å². The molecule has 1 aromatic heterocycles. The summed E-state index contributed by atoms with van der Waals surface area (Å²) in [7, 11) is 4.03. The fourth-order valence-electron chi connectivity index (χ4n) is 2.46. The summed E-state index contributed by atoms with van der Waals surface area (Å²) in [5, 5.41) is 1.05. The Morgan fingerprint density at radius 1 is 1.17 bits per heavy atom. The van der Waals surface area contributed by atoms with Crippen molar-refractivity contribution < 1.29 is 4.79 Å². The van der Waals surface area contributed by atoms with Gasteiger partial charge in [0, 0.05) is 37.2 Å². The largest absolute Gasteiger partial charge is 0.378 e. The van der Waals surface area contributed by atoms with E-state index in [0.717, 1.165) is 40.7 Å². The SMILES string of the molecule is CN(C)c1ccc2cc3c(nc2c1)CCCC3=O. The van der Waals surface area contributed by atoms with E-state index in [4.69, 9.17) is 0 Å². The molecule has 0 atom stereocenters. The van der Waals surface area contributed by atoms with Crippen LogP contribution >= 0.6 is 0 Å². The number of carbonyl (C=O) groups is 1. The Labute approximate surface area is 106 Å². The van der Waals surface area contributed by atoms with Gasteiger partial charge in [0.1, 0.15) is 0 Å². The zero-order valence-electron chi connectivity index (χ0n) is 10.7. The molecule has 0 unspecified atom stereocenters. The van der Waals surface area contributed by atoms with Gasteiger partial charge in [0.15, 0.2) is 5.78 Å². The second-order valence-corrected chi connectivity index (χ2v) is 5.03. The Bertz CT molecular complexity index is 632. The number of aryl methyl sites for hydroxylation is 1. The van der Waals surface area contributed by atoms with Crippen LogP contribution in [-0.4, -0.2) is 24.9 Å². The molecule has 18 heavy (non-hydrogen) atoms. The van der Waals surface area contributed by atoms with Crippen LogP contribution in [0.2, 0.25) is 0 Å². The van der Waals surface area contributed by atoms with Crippen molar-refractivity contribution >= 4 is 22.4 Å². The number of pyridine rings is 1. The minimum atomic E-state index is 0.238. The second kappa shape index (κ2) is 4.09. The maximum atomic E-state index is 11.9. The van der Waals surface area contributed by atoms with Crippen molar-refractivity contribution in [1.82, 2.24) is 4.98 Å². The first-order valence-corrected chi connectivity index (χ1v) is 6.29. The van der Waals surface area contributed by atoms with E-state index in [1.807, 2.05) is 26.2 Å². The average molecular weight is 240 g/mol. The highest BCUT2D eigenvalue weighted by Crippen LogP contribution is 2.26. The van der Waals surface area contributed by atoms with Crippen LogP contribution in [-0.2, 0) is 6.42 Å². The summed E-state index contributed by atoms with van der Waals surface area (Å²) < 4.78 is 0. The summed E-state index contributed by atoms with van der Waals surface area (Å²) >= 11 is 0. The van der Waals surface area contributed by atoms with Gasteiger partial charge in [-0.15, -0.1) is 0 Å². The first kappa shape index (κ1) is 11.2.